The predicted octanol–water partition coefficient (Wildman–Crippen LogP) is 3.62. The molecule has 112 valence electrons. The number of hydrazone groups is 1. The van der Waals surface area contributed by atoms with Gasteiger partial charge in [-0.1, -0.05) is 54.2 Å². The number of benzene rings is 1. The number of unbranched alkanes of at least 4 members (excludes halogenated alkanes) is 1. The molecule has 1 aromatic carbocycles. The molecule has 1 aromatic rings. The van der Waals surface area contributed by atoms with Crippen molar-refractivity contribution in [2.24, 2.45) is 5.10 Å². The maximum Gasteiger partial charge on any atom is 0.276 e. The first kappa shape index (κ1) is 17.3. The lowest BCUT2D eigenvalue weighted by atomic mass is 10.2. The maximum atomic E-state index is 12.0. The molecular formula is C13H18Cl2N2O2S. The third-order valence-corrected chi connectivity index (χ3v) is 4.41. The molecule has 0 radical (unpaired) electrons. The van der Waals surface area contributed by atoms with Gasteiger partial charge in [0.25, 0.3) is 10.0 Å². The van der Waals surface area contributed by atoms with Crippen molar-refractivity contribution in [3.05, 3.63) is 29.8 Å². The largest absolute Gasteiger partial charge is 0.276 e. The number of halogens is 2. The molecule has 0 aromatic heterocycles. The lowest BCUT2D eigenvalue weighted by Gasteiger charge is -2.08. The number of rotatable bonds is 7. The molecule has 0 aliphatic carbocycles. The van der Waals surface area contributed by atoms with Crippen LogP contribution in [0.1, 0.15) is 31.7 Å². The molecule has 0 fully saturated rings. The zero-order chi connectivity index (χ0) is 15.2. The Kier molecular flexibility index (Phi) is 6.79. The van der Waals surface area contributed by atoms with Gasteiger partial charge in [0.15, 0.2) is 0 Å². The number of nitrogens with one attached hydrogen (secondary N) is 1. The van der Waals surface area contributed by atoms with Gasteiger partial charge in [0.2, 0.25) is 0 Å². The van der Waals surface area contributed by atoms with Crippen molar-refractivity contribution in [2.75, 3.05) is 0 Å². The Morgan fingerprint density at radius 2 is 1.90 bits per heavy atom. The van der Waals surface area contributed by atoms with Crippen LogP contribution in [0.15, 0.2) is 34.3 Å². The van der Waals surface area contributed by atoms with Gasteiger partial charge in [0.05, 0.1) is 10.6 Å². The van der Waals surface area contributed by atoms with Crippen LogP contribution in [0.5, 0.6) is 0 Å². The second-order valence-electron chi connectivity index (χ2n) is 4.42. The Labute approximate surface area is 130 Å². The molecular weight excluding hydrogens is 319 g/mol. The smallest absolute Gasteiger partial charge is 0.200 e. The topological polar surface area (TPSA) is 58.5 Å². The van der Waals surface area contributed by atoms with Gasteiger partial charge in [-0.3, -0.25) is 0 Å². The van der Waals surface area contributed by atoms with E-state index in [0.717, 1.165) is 18.4 Å². The van der Waals surface area contributed by atoms with Crippen molar-refractivity contribution in [1.29, 1.82) is 0 Å². The Morgan fingerprint density at radius 3 is 2.40 bits per heavy atom. The van der Waals surface area contributed by atoms with Gasteiger partial charge in [-0.15, -0.1) is 0 Å². The first-order valence-corrected chi connectivity index (χ1v) is 8.65. The van der Waals surface area contributed by atoms with Crippen molar-refractivity contribution in [2.45, 2.75) is 42.8 Å². The molecule has 0 spiro atoms. The fourth-order valence-corrected chi connectivity index (χ4v) is 2.61. The summed E-state index contributed by atoms with van der Waals surface area (Å²) in [6.07, 6.45) is 2.36. The molecule has 0 amide bonds. The molecule has 0 aliphatic heterocycles. The van der Waals surface area contributed by atoms with E-state index in [-0.39, 0.29) is 4.90 Å². The minimum Gasteiger partial charge on any atom is -0.200 e. The molecule has 0 aliphatic rings. The number of hydrogen-bond donors (Lipinski definition) is 1. The maximum absolute atomic E-state index is 12.0. The number of alkyl halides is 2. The molecule has 0 heterocycles. The van der Waals surface area contributed by atoms with E-state index in [9.17, 15) is 8.42 Å². The highest BCUT2D eigenvalue weighted by atomic mass is 35.5. The van der Waals surface area contributed by atoms with Crippen molar-refractivity contribution in [1.82, 2.24) is 4.83 Å². The molecule has 1 N–H and O–H groups in total. The lowest BCUT2D eigenvalue weighted by Crippen LogP contribution is -2.22. The Balaban J connectivity index is 2.86. The van der Waals surface area contributed by atoms with E-state index < -0.39 is 14.9 Å². The van der Waals surface area contributed by atoms with Crippen LogP contribution in [0.25, 0.3) is 0 Å². The third-order valence-electron chi connectivity index (χ3n) is 2.68. The first-order valence-electron chi connectivity index (χ1n) is 6.30. The second-order valence-corrected chi connectivity index (χ2v) is 7.17. The number of hydrogen-bond acceptors (Lipinski definition) is 3. The van der Waals surface area contributed by atoms with Crippen LogP contribution < -0.4 is 4.83 Å². The van der Waals surface area contributed by atoms with Crippen LogP contribution in [0, 0.1) is 6.92 Å². The fourth-order valence-electron chi connectivity index (χ4n) is 1.46. The predicted molar refractivity (Wildman–Crippen MR) is 84.0 cm³/mol. The summed E-state index contributed by atoms with van der Waals surface area (Å²) in [5.41, 5.74) is 1.41. The van der Waals surface area contributed by atoms with Gasteiger partial charge < -0.3 is 0 Å². The van der Waals surface area contributed by atoms with Crippen molar-refractivity contribution in [3.8, 4) is 0 Å². The molecule has 20 heavy (non-hydrogen) atoms. The van der Waals surface area contributed by atoms with Gasteiger partial charge in [-0.05, 0) is 31.9 Å². The zero-order valence-electron chi connectivity index (χ0n) is 11.4. The summed E-state index contributed by atoms with van der Waals surface area (Å²) in [4.78, 5) is 1.51. The quantitative estimate of drug-likeness (QED) is 0.469. The molecule has 0 bridgehead atoms. The summed E-state index contributed by atoms with van der Waals surface area (Å²) in [7, 11) is -3.69. The Hall–Kier alpha value is -0.780. The van der Waals surface area contributed by atoms with Gasteiger partial charge >= 0.3 is 0 Å². The van der Waals surface area contributed by atoms with E-state index in [4.69, 9.17) is 23.2 Å². The Bertz CT molecular complexity index is 554. The minimum atomic E-state index is -3.69. The van der Waals surface area contributed by atoms with E-state index in [2.05, 4.69) is 9.93 Å². The average molecular weight is 337 g/mol. The van der Waals surface area contributed by atoms with E-state index in [0.29, 0.717) is 12.1 Å². The van der Waals surface area contributed by atoms with Crippen molar-refractivity contribution >= 4 is 38.9 Å². The van der Waals surface area contributed by atoms with Gasteiger partial charge in [-0.2, -0.15) is 13.5 Å². The first-order chi connectivity index (χ1) is 9.36. The molecule has 0 saturated carbocycles. The van der Waals surface area contributed by atoms with Crippen LogP contribution >= 0.6 is 23.2 Å². The van der Waals surface area contributed by atoms with Crippen LogP contribution in [0.2, 0.25) is 0 Å². The summed E-state index contributed by atoms with van der Waals surface area (Å²) < 4.78 is 24.1. The van der Waals surface area contributed by atoms with E-state index in [1.54, 1.807) is 12.1 Å². The monoisotopic (exact) mass is 336 g/mol. The van der Waals surface area contributed by atoms with Crippen LogP contribution in [-0.4, -0.2) is 19.0 Å². The van der Waals surface area contributed by atoms with Crippen LogP contribution in [0.4, 0.5) is 0 Å². The number of nitrogens with zero attached hydrogens (tertiary/aromatic N) is 1. The van der Waals surface area contributed by atoms with Crippen molar-refractivity contribution in [3.63, 3.8) is 0 Å². The third kappa shape index (κ3) is 5.31. The molecule has 1 rings (SSSR count). The summed E-state index contributed by atoms with van der Waals surface area (Å²) in [5.74, 6) is 0. The molecule has 7 heteroatoms. The highest BCUT2D eigenvalue weighted by Crippen LogP contribution is 2.13. The molecule has 0 saturated heterocycles. The molecule has 0 unspecified atom stereocenters. The van der Waals surface area contributed by atoms with Crippen LogP contribution in [-0.2, 0) is 10.0 Å². The SMILES string of the molecule is CCCC/C(=N/NS(=O)(=O)c1ccc(C)cc1)C(Cl)Cl. The van der Waals surface area contributed by atoms with Gasteiger partial charge in [-0.25, -0.2) is 4.83 Å². The highest BCUT2D eigenvalue weighted by Gasteiger charge is 2.15. The fraction of sp³-hybridized carbons (Fsp3) is 0.462. The number of aryl methyl sites for hydroxylation is 1. The summed E-state index contributed by atoms with van der Waals surface area (Å²) in [6.45, 7) is 3.90. The van der Waals surface area contributed by atoms with E-state index in [1.165, 1.54) is 12.1 Å². The van der Waals surface area contributed by atoms with Gasteiger partial charge in [0, 0.05) is 0 Å². The second kappa shape index (κ2) is 7.86. The standard InChI is InChI=1S/C13H18Cl2N2O2S/c1-3-4-5-12(13(14)15)16-17-20(18,19)11-8-6-10(2)7-9-11/h6-9,13,17H,3-5H2,1-2H3/b16-12-. The Morgan fingerprint density at radius 1 is 1.30 bits per heavy atom. The minimum absolute atomic E-state index is 0.155. The zero-order valence-corrected chi connectivity index (χ0v) is 13.8. The number of sulfonamides is 1. The highest BCUT2D eigenvalue weighted by molar-refractivity contribution is 7.89. The molecule has 4 nitrogen and oxygen atoms in total. The lowest BCUT2D eigenvalue weighted by molar-refractivity contribution is 0.584. The van der Waals surface area contributed by atoms with E-state index in [1.807, 2.05) is 13.8 Å². The van der Waals surface area contributed by atoms with E-state index >= 15 is 0 Å². The molecule has 0 atom stereocenters. The summed E-state index contributed by atoms with van der Waals surface area (Å²) in [5, 5.41) is 3.85. The summed E-state index contributed by atoms with van der Waals surface area (Å²) in [6, 6.07) is 6.50. The van der Waals surface area contributed by atoms with Gasteiger partial charge in [0.1, 0.15) is 4.84 Å². The average Bonchev–Trinajstić information content (AvgIpc) is 2.38. The normalized spacial score (nSPS) is 12.8. The van der Waals surface area contributed by atoms with Crippen molar-refractivity contribution < 1.29 is 8.42 Å². The summed E-state index contributed by atoms with van der Waals surface area (Å²) >= 11 is 11.6. The van der Waals surface area contributed by atoms with Crippen LogP contribution in [0.3, 0.4) is 0 Å².